The molecule has 0 fully saturated rings. The largest absolute Gasteiger partial charge is 0.504 e. The van der Waals surface area contributed by atoms with Crippen molar-refractivity contribution in [3.8, 4) is 5.75 Å². The Kier molecular flexibility index (Phi) is 2.32. The van der Waals surface area contributed by atoms with E-state index in [0.29, 0.717) is 6.07 Å². The summed E-state index contributed by atoms with van der Waals surface area (Å²) in [5.41, 5.74) is 4.65. The molecule has 0 amide bonds. The summed E-state index contributed by atoms with van der Waals surface area (Å²) in [6, 6.07) is 1.25. The molecule has 0 heterocycles. The van der Waals surface area contributed by atoms with Gasteiger partial charge in [0, 0.05) is 6.07 Å². The van der Waals surface area contributed by atoms with Crippen molar-refractivity contribution in [3.05, 3.63) is 29.3 Å². The number of nitrogens with two attached hydrogens (primary N) is 1. The molecule has 0 bridgehead atoms. The van der Waals surface area contributed by atoms with Gasteiger partial charge in [-0.05, 0) is 6.07 Å². The SMILES string of the molecule is N/C(=N/O)c1cc(F)cc(F)c1O. The van der Waals surface area contributed by atoms with E-state index in [-0.39, 0.29) is 5.56 Å². The highest BCUT2D eigenvalue weighted by molar-refractivity contribution is 5.99. The summed E-state index contributed by atoms with van der Waals surface area (Å²) < 4.78 is 25.2. The van der Waals surface area contributed by atoms with Crippen molar-refractivity contribution in [2.24, 2.45) is 10.9 Å². The van der Waals surface area contributed by atoms with Gasteiger partial charge < -0.3 is 16.0 Å². The van der Waals surface area contributed by atoms with Crippen molar-refractivity contribution in [1.29, 1.82) is 0 Å². The molecule has 0 aliphatic heterocycles. The summed E-state index contributed by atoms with van der Waals surface area (Å²) in [5.74, 6) is -3.49. The monoisotopic (exact) mass is 188 g/mol. The minimum Gasteiger partial charge on any atom is -0.504 e. The van der Waals surface area contributed by atoms with Gasteiger partial charge in [-0.25, -0.2) is 8.78 Å². The number of rotatable bonds is 1. The highest BCUT2D eigenvalue weighted by Gasteiger charge is 2.13. The van der Waals surface area contributed by atoms with E-state index < -0.39 is 23.2 Å². The first-order valence-corrected chi connectivity index (χ1v) is 3.22. The fourth-order valence-electron chi connectivity index (χ4n) is 0.815. The van der Waals surface area contributed by atoms with Gasteiger partial charge in [0.05, 0.1) is 5.56 Å². The van der Waals surface area contributed by atoms with Crippen molar-refractivity contribution >= 4 is 5.84 Å². The lowest BCUT2D eigenvalue weighted by Gasteiger charge is -2.03. The van der Waals surface area contributed by atoms with Gasteiger partial charge in [0.2, 0.25) is 0 Å². The summed E-state index contributed by atoms with van der Waals surface area (Å²) >= 11 is 0. The maximum Gasteiger partial charge on any atom is 0.174 e. The molecule has 0 atom stereocenters. The van der Waals surface area contributed by atoms with Crippen molar-refractivity contribution < 1.29 is 19.1 Å². The normalized spacial score (nSPS) is 11.7. The maximum absolute atomic E-state index is 12.7. The van der Waals surface area contributed by atoms with Gasteiger partial charge in [-0.3, -0.25) is 0 Å². The number of phenolic OH excluding ortho intramolecular Hbond substituents is 1. The molecule has 0 saturated carbocycles. The van der Waals surface area contributed by atoms with Crippen LogP contribution in [0.4, 0.5) is 8.78 Å². The minimum atomic E-state index is -1.17. The van der Waals surface area contributed by atoms with Gasteiger partial charge >= 0.3 is 0 Å². The van der Waals surface area contributed by atoms with Crippen LogP contribution in [0.5, 0.6) is 5.75 Å². The Morgan fingerprint density at radius 3 is 2.54 bits per heavy atom. The van der Waals surface area contributed by atoms with Crippen LogP contribution in [0.3, 0.4) is 0 Å². The first-order valence-electron chi connectivity index (χ1n) is 3.22. The summed E-state index contributed by atoms with van der Waals surface area (Å²) in [6.07, 6.45) is 0. The lowest BCUT2D eigenvalue weighted by molar-refractivity contribution is 0.318. The zero-order valence-electron chi connectivity index (χ0n) is 6.33. The number of hydrogen-bond donors (Lipinski definition) is 3. The molecule has 1 aromatic rings. The van der Waals surface area contributed by atoms with Crippen LogP contribution in [0.25, 0.3) is 0 Å². The van der Waals surface area contributed by atoms with Crippen molar-refractivity contribution in [3.63, 3.8) is 0 Å². The molecule has 0 aliphatic rings. The van der Waals surface area contributed by atoms with Crippen LogP contribution in [0.2, 0.25) is 0 Å². The number of phenols is 1. The zero-order chi connectivity index (χ0) is 10.0. The Morgan fingerprint density at radius 1 is 1.38 bits per heavy atom. The molecule has 1 rings (SSSR count). The molecular weight excluding hydrogens is 182 g/mol. The van der Waals surface area contributed by atoms with Crippen molar-refractivity contribution in [1.82, 2.24) is 0 Å². The molecule has 0 spiro atoms. The van der Waals surface area contributed by atoms with E-state index in [1.807, 2.05) is 0 Å². The van der Waals surface area contributed by atoms with Crippen LogP contribution < -0.4 is 5.73 Å². The van der Waals surface area contributed by atoms with Gasteiger partial charge in [0.25, 0.3) is 0 Å². The molecule has 4 N–H and O–H groups in total. The van der Waals surface area contributed by atoms with E-state index in [1.54, 1.807) is 0 Å². The van der Waals surface area contributed by atoms with Gasteiger partial charge in [-0.1, -0.05) is 5.16 Å². The van der Waals surface area contributed by atoms with E-state index in [1.165, 1.54) is 0 Å². The predicted molar refractivity (Wildman–Crippen MR) is 40.5 cm³/mol. The number of nitrogens with zero attached hydrogens (tertiary/aromatic N) is 1. The van der Waals surface area contributed by atoms with Crippen molar-refractivity contribution in [2.45, 2.75) is 0 Å². The molecule has 4 nitrogen and oxygen atoms in total. The second-order valence-electron chi connectivity index (χ2n) is 2.27. The second kappa shape index (κ2) is 3.26. The Bertz CT molecular complexity index is 366. The van der Waals surface area contributed by atoms with Crippen molar-refractivity contribution in [2.75, 3.05) is 0 Å². The quantitative estimate of drug-likeness (QED) is 0.263. The topological polar surface area (TPSA) is 78.8 Å². The van der Waals surface area contributed by atoms with Crippen LogP contribution in [0.1, 0.15) is 5.56 Å². The first kappa shape index (κ1) is 9.24. The molecule has 70 valence electrons. The molecule has 0 aromatic heterocycles. The van der Waals surface area contributed by atoms with Gasteiger partial charge in [-0.2, -0.15) is 0 Å². The minimum absolute atomic E-state index is 0.389. The number of aromatic hydroxyl groups is 1. The average molecular weight is 188 g/mol. The highest BCUT2D eigenvalue weighted by Crippen LogP contribution is 2.22. The molecule has 6 heteroatoms. The molecule has 0 unspecified atom stereocenters. The van der Waals surface area contributed by atoms with Crippen LogP contribution in [-0.4, -0.2) is 16.1 Å². The number of hydrogen-bond acceptors (Lipinski definition) is 3. The van der Waals surface area contributed by atoms with E-state index in [4.69, 9.17) is 16.0 Å². The van der Waals surface area contributed by atoms with Gasteiger partial charge in [0.15, 0.2) is 17.4 Å². The van der Waals surface area contributed by atoms with E-state index >= 15 is 0 Å². The number of halogens is 2. The average Bonchev–Trinajstić information content (AvgIpc) is 2.10. The van der Waals surface area contributed by atoms with E-state index in [9.17, 15) is 8.78 Å². The Balaban J connectivity index is 3.37. The standard InChI is InChI=1S/C7H6F2N2O2/c8-3-1-4(7(10)11-13)6(12)5(9)2-3/h1-2,12-13H,(H2,10,11). The Labute approximate surface area is 71.9 Å². The summed E-state index contributed by atoms with van der Waals surface area (Å²) in [4.78, 5) is 0. The second-order valence-corrected chi connectivity index (χ2v) is 2.27. The zero-order valence-corrected chi connectivity index (χ0v) is 6.33. The summed E-state index contributed by atoms with van der Waals surface area (Å²) in [6.45, 7) is 0. The first-order chi connectivity index (χ1) is 6.06. The Hall–Kier alpha value is -1.85. The fourth-order valence-corrected chi connectivity index (χ4v) is 0.815. The lowest BCUT2D eigenvalue weighted by atomic mass is 10.1. The van der Waals surface area contributed by atoms with Crippen LogP contribution in [-0.2, 0) is 0 Å². The lowest BCUT2D eigenvalue weighted by Crippen LogP contribution is -2.14. The Morgan fingerprint density at radius 2 is 2.00 bits per heavy atom. The third-order valence-electron chi connectivity index (χ3n) is 1.41. The van der Waals surface area contributed by atoms with E-state index in [0.717, 1.165) is 6.07 Å². The molecular formula is C7H6F2N2O2. The maximum atomic E-state index is 12.7. The van der Waals surface area contributed by atoms with Gasteiger partial charge in [0.1, 0.15) is 5.82 Å². The molecule has 0 aliphatic carbocycles. The van der Waals surface area contributed by atoms with Crippen LogP contribution >= 0.6 is 0 Å². The third kappa shape index (κ3) is 1.66. The van der Waals surface area contributed by atoms with Crippen LogP contribution in [0.15, 0.2) is 17.3 Å². The van der Waals surface area contributed by atoms with Gasteiger partial charge in [-0.15, -0.1) is 0 Å². The number of oxime groups is 1. The molecule has 0 radical (unpaired) electrons. The predicted octanol–water partition coefficient (Wildman–Crippen LogP) is 0.765. The summed E-state index contributed by atoms with van der Waals surface area (Å²) in [7, 11) is 0. The fraction of sp³-hybridized carbons (Fsp3) is 0. The smallest absolute Gasteiger partial charge is 0.174 e. The number of amidine groups is 1. The molecule has 1 aromatic carbocycles. The molecule has 13 heavy (non-hydrogen) atoms. The highest BCUT2D eigenvalue weighted by atomic mass is 19.1. The molecule has 0 saturated heterocycles. The van der Waals surface area contributed by atoms with E-state index in [2.05, 4.69) is 5.16 Å². The number of benzene rings is 1. The summed E-state index contributed by atoms with van der Waals surface area (Å²) in [5, 5.41) is 19.7. The van der Waals surface area contributed by atoms with Crippen LogP contribution in [0, 0.1) is 11.6 Å². The third-order valence-corrected chi connectivity index (χ3v) is 1.41.